The molecule has 146 valence electrons. The Morgan fingerprint density at radius 1 is 1.14 bits per heavy atom. The molecule has 0 atom stereocenters. The molecule has 3 rings (SSSR count). The maximum Gasteiger partial charge on any atom is 0.337 e. The zero-order chi connectivity index (χ0) is 20.3. The van der Waals surface area contributed by atoms with Crippen LogP contribution in [-0.2, 0) is 4.74 Å². The van der Waals surface area contributed by atoms with Gasteiger partial charge in [0.1, 0.15) is 0 Å². The summed E-state index contributed by atoms with van der Waals surface area (Å²) in [5, 5.41) is 0.764. The Balaban J connectivity index is 2.07. The molecule has 0 aromatic heterocycles. The Morgan fingerprint density at radius 2 is 1.93 bits per heavy atom. The molecule has 0 saturated carbocycles. The third kappa shape index (κ3) is 4.53. The lowest BCUT2D eigenvalue weighted by Crippen LogP contribution is -2.11. The van der Waals surface area contributed by atoms with Crippen LogP contribution in [0.25, 0.3) is 5.70 Å². The van der Waals surface area contributed by atoms with Crippen LogP contribution < -0.4 is 0 Å². The monoisotopic (exact) mass is 395 g/mol. The third-order valence-corrected chi connectivity index (χ3v) is 5.37. The van der Waals surface area contributed by atoms with Crippen molar-refractivity contribution >= 4 is 29.0 Å². The number of benzene rings is 2. The first-order valence-electron chi connectivity index (χ1n) is 9.64. The Morgan fingerprint density at radius 3 is 2.61 bits per heavy atom. The Bertz CT molecular complexity index is 957. The molecule has 28 heavy (non-hydrogen) atoms. The zero-order valence-electron chi connectivity index (χ0n) is 16.9. The standard InChI is InChI=1S/C24H26ClNO2/c1-15(2)12-18-9-11-22(17-6-5-7-20(14-17)24(27)28-4)26-23(18)19-8-10-21(25)16(3)13-19/h5-8,10,13-15H,9,11-12H2,1-4H3. The number of allylic oxidation sites excluding steroid dienone is 1. The van der Waals surface area contributed by atoms with E-state index in [0.717, 1.165) is 52.4 Å². The van der Waals surface area contributed by atoms with E-state index in [2.05, 4.69) is 19.9 Å². The van der Waals surface area contributed by atoms with Gasteiger partial charge in [0, 0.05) is 16.3 Å². The fraction of sp³-hybridized carbons (Fsp3) is 0.333. The number of aliphatic imine (C=N–C) groups is 1. The van der Waals surface area contributed by atoms with Crippen LogP contribution in [0.2, 0.25) is 5.02 Å². The minimum absolute atomic E-state index is 0.331. The first kappa shape index (κ1) is 20.3. The van der Waals surface area contributed by atoms with E-state index in [-0.39, 0.29) is 5.97 Å². The molecule has 1 heterocycles. The van der Waals surface area contributed by atoms with Crippen LogP contribution in [0.5, 0.6) is 0 Å². The highest BCUT2D eigenvalue weighted by Crippen LogP contribution is 2.34. The fourth-order valence-corrected chi connectivity index (χ4v) is 3.68. The molecule has 0 N–H and O–H groups in total. The Hall–Kier alpha value is -2.39. The van der Waals surface area contributed by atoms with Crippen molar-refractivity contribution < 1.29 is 9.53 Å². The summed E-state index contributed by atoms with van der Waals surface area (Å²) in [6, 6.07) is 13.6. The number of aryl methyl sites for hydroxylation is 1. The summed E-state index contributed by atoms with van der Waals surface area (Å²) in [6.07, 6.45) is 2.86. The van der Waals surface area contributed by atoms with E-state index >= 15 is 0 Å². The van der Waals surface area contributed by atoms with Crippen LogP contribution >= 0.6 is 11.6 Å². The van der Waals surface area contributed by atoms with Gasteiger partial charge in [0.2, 0.25) is 0 Å². The van der Waals surface area contributed by atoms with Crippen LogP contribution in [-0.4, -0.2) is 18.8 Å². The normalized spacial score (nSPS) is 14.3. The van der Waals surface area contributed by atoms with Crippen molar-refractivity contribution in [2.45, 2.75) is 40.0 Å². The van der Waals surface area contributed by atoms with E-state index in [1.807, 2.05) is 37.3 Å². The third-order valence-electron chi connectivity index (χ3n) is 4.95. The highest BCUT2D eigenvalue weighted by Gasteiger charge is 2.20. The SMILES string of the molecule is COC(=O)c1cccc(C2=NC(c3ccc(Cl)c(C)c3)=C(CC(C)C)CC2)c1. The van der Waals surface area contributed by atoms with Crippen LogP contribution in [0.4, 0.5) is 0 Å². The lowest BCUT2D eigenvalue weighted by atomic mass is 9.89. The van der Waals surface area contributed by atoms with E-state index in [1.165, 1.54) is 12.7 Å². The van der Waals surface area contributed by atoms with E-state index in [4.69, 9.17) is 21.3 Å². The minimum Gasteiger partial charge on any atom is -0.465 e. The second kappa shape index (κ2) is 8.74. The highest BCUT2D eigenvalue weighted by molar-refractivity contribution is 6.31. The maximum atomic E-state index is 11.9. The summed E-state index contributed by atoms with van der Waals surface area (Å²) in [5.74, 6) is 0.237. The summed E-state index contributed by atoms with van der Waals surface area (Å²) >= 11 is 6.23. The van der Waals surface area contributed by atoms with Gasteiger partial charge in [-0.25, -0.2) is 4.79 Å². The summed E-state index contributed by atoms with van der Waals surface area (Å²) in [4.78, 5) is 16.9. The molecule has 3 nitrogen and oxygen atoms in total. The van der Waals surface area contributed by atoms with Crippen molar-refractivity contribution in [1.82, 2.24) is 0 Å². The molecule has 4 heteroatoms. The van der Waals surface area contributed by atoms with Crippen molar-refractivity contribution in [3.63, 3.8) is 0 Å². The van der Waals surface area contributed by atoms with E-state index in [9.17, 15) is 4.79 Å². The van der Waals surface area contributed by atoms with Gasteiger partial charge >= 0.3 is 5.97 Å². The van der Waals surface area contributed by atoms with Gasteiger partial charge in [-0.15, -0.1) is 0 Å². The summed E-state index contributed by atoms with van der Waals surface area (Å²) in [5.41, 5.74) is 7.08. The number of ether oxygens (including phenoxy) is 1. The largest absolute Gasteiger partial charge is 0.465 e. The number of carbonyl (C=O) groups is 1. The molecule has 2 aromatic carbocycles. The predicted molar refractivity (Wildman–Crippen MR) is 116 cm³/mol. The van der Waals surface area contributed by atoms with Crippen LogP contribution in [0, 0.1) is 12.8 Å². The number of rotatable bonds is 5. The van der Waals surface area contributed by atoms with Gasteiger partial charge < -0.3 is 4.74 Å². The minimum atomic E-state index is -0.331. The van der Waals surface area contributed by atoms with E-state index in [1.54, 1.807) is 6.07 Å². The van der Waals surface area contributed by atoms with Crippen molar-refractivity contribution in [3.05, 3.63) is 75.3 Å². The average molecular weight is 396 g/mol. The van der Waals surface area contributed by atoms with Crippen molar-refractivity contribution in [3.8, 4) is 0 Å². The molecule has 0 radical (unpaired) electrons. The number of hydrogen-bond donors (Lipinski definition) is 0. The summed E-state index contributed by atoms with van der Waals surface area (Å²) in [7, 11) is 1.40. The fourth-order valence-electron chi connectivity index (χ4n) is 3.56. The molecule has 0 spiro atoms. The zero-order valence-corrected chi connectivity index (χ0v) is 17.6. The molecule has 0 fully saturated rings. The molecule has 0 aliphatic carbocycles. The highest BCUT2D eigenvalue weighted by atomic mass is 35.5. The first-order valence-corrected chi connectivity index (χ1v) is 10.0. The van der Waals surface area contributed by atoms with Gasteiger partial charge in [-0.05, 0) is 73.1 Å². The quantitative estimate of drug-likeness (QED) is 0.543. The second-order valence-electron chi connectivity index (χ2n) is 7.64. The second-order valence-corrected chi connectivity index (χ2v) is 8.05. The first-order chi connectivity index (χ1) is 13.4. The van der Waals surface area contributed by atoms with Gasteiger partial charge in [0.05, 0.1) is 18.4 Å². The van der Waals surface area contributed by atoms with Gasteiger partial charge in [-0.2, -0.15) is 0 Å². The van der Waals surface area contributed by atoms with Crippen molar-refractivity contribution in [2.24, 2.45) is 10.9 Å². The smallest absolute Gasteiger partial charge is 0.337 e. The van der Waals surface area contributed by atoms with Gasteiger partial charge in [-0.1, -0.05) is 43.6 Å². The molecular weight excluding hydrogens is 370 g/mol. The van der Waals surface area contributed by atoms with Crippen molar-refractivity contribution in [2.75, 3.05) is 7.11 Å². The molecule has 1 aliphatic heterocycles. The topological polar surface area (TPSA) is 38.7 Å². The lowest BCUT2D eigenvalue weighted by Gasteiger charge is -2.22. The number of halogens is 1. The molecule has 0 bridgehead atoms. The molecule has 0 saturated heterocycles. The van der Waals surface area contributed by atoms with Gasteiger partial charge in [0.25, 0.3) is 0 Å². The molecule has 1 aliphatic rings. The molecule has 0 unspecified atom stereocenters. The average Bonchev–Trinajstić information content (AvgIpc) is 2.69. The Kier molecular flexibility index (Phi) is 6.35. The Labute approximate surface area is 172 Å². The number of esters is 1. The van der Waals surface area contributed by atoms with E-state index in [0.29, 0.717) is 11.5 Å². The maximum absolute atomic E-state index is 11.9. The number of carbonyl (C=O) groups excluding carboxylic acids is 1. The van der Waals surface area contributed by atoms with Crippen molar-refractivity contribution in [1.29, 1.82) is 0 Å². The molecule has 2 aromatic rings. The summed E-state index contributed by atoms with van der Waals surface area (Å²) in [6.45, 7) is 6.48. The van der Waals surface area contributed by atoms with E-state index < -0.39 is 0 Å². The predicted octanol–water partition coefficient (Wildman–Crippen LogP) is 6.48. The number of hydrogen-bond acceptors (Lipinski definition) is 3. The van der Waals surface area contributed by atoms with Gasteiger partial charge in [-0.3, -0.25) is 4.99 Å². The van der Waals surface area contributed by atoms with Crippen LogP contribution in [0.15, 0.2) is 53.0 Å². The molecule has 0 amide bonds. The number of methoxy groups -OCH3 is 1. The van der Waals surface area contributed by atoms with Crippen LogP contribution in [0.1, 0.15) is 60.2 Å². The molecular formula is C24H26ClNO2. The summed E-state index contributed by atoms with van der Waals surface area (Å²) < 4.78 is 4.85. The van der Waals surface area contributed by atoms with Crippen LogP contribution in [0.3, 0.4) is 0 Å². The van der Waals surface area contributed by atoms with Gasteiger partial charge in [0.15, 0.2) is 0 Å². The number of nitrogens with zero attached hydrogens (tertiary/aromatic N) is 1. The lowest BCUT2D eigenvalue weighted by molar-refractivity contribution is 0.0600.